The highest BCUT2D eigenvalue weighted by Gasteiger charge is 2.63. The lowest BCUT2D eigenvalue weighted by molar-refractivity contribution is -0.202. The third-order valence-corrected chi connectivity index (χ3v) is 9.55. The number of carboxylic acid groups (broad SMARTS) is 1. The van der Waals surface area contributed by atoms with Gasteiger partial charge in [0.05, 0.1) is 11.1 Å². The molecule has 6 heteroatoms. The summed E-state index contributed by atoms with van der Waals surface area (Å²) in [5.41, 5.74) is 0.401. The number of phenolic OH excluding ortho intramolecular Hbond substituents is 2. The third-order valence-electron chi connectivity index (χ3n) is 9.55. The first-order valence-corrected chi connectivity index (χ1v) is 12.5. The van der Waals surface area contributed by atoms with E-state index in [0.717, 1.165) is 6.07 Å². The van der Waals surface area contributed by atoms with Gasteiger partial charge in [0, 0.05) is 5.69 Å². The molecule has 7 aliphatic rings. The lowest BCUT2D eigenvalue weighted by atomic mass is 9.36. The van der Waals surface area contributed by atoms with Crippen LogP contribution in [0.2, 0.25) is 0 Å². The number of carboxylic acids is 1. The van der Waals surface area contributed by atoms with Crippen molar-refractivity contribution in [2.24, 2.45) is 47.3 Å². The second-order valence-corrected chi connectivity index (χ2v) is 11.2. The van der Waals surface area contributed by atoms with Crippen molar-refractivity contribution in [1.82, 2.24) is 0 Å². The van der Waals surface area contributed by atoms with Gasteiger partial charge < -0.3 is 20.6 Å². The first kappa shape index (κ1) is 21.5. The van der Waals surface area contributed by atoms with Gasteiger partial charge in [-0.2, -0.15) is 0 Å². The third kappa shape index (κ3) is 3.55. The summed E-state index contributed by atoms with van der Waals surface area (Å²) in [6.07, 6.45) is 9.93. The minimum Gasteiger partial charge on any atom is -0.508 e. The van der Waals surface area contributed by atoms with Crippen LogP contribution in [0.15, 0.2) is 42.5 Å². The van der Waals surface area contributed by atoms with Crippen molar-refractivity contribution in [2.75, 3.05) is 5.32 Å². The summed E-state index contributed by atoms with van der Waals surface area (Å²) in [6.45, 7) is 0. The summed E-state index contributed by atoms with van der Waals surface area (Å²) in [4.78, 5) is 22.6. The Hall–Kier alpha value is -3.02. The number of aromatic carboxylic acids is 1. The lowest BCUT2D eigenvalue weighted by Crippen LogP contribution is -2.62. The largest absolute Gasteiger partial charge is 0.508 e. The molecule has 0 atom stereocenters. The molecule has 0 heterocycles. The van der Waals surface area contributed by atoms with Gasteiger partial charge in [-0.3, -0.25) is 4.79 Å². The van der Waals surface area contributed by atoms with Crippen LogP contribution in [-0.2, 0) is 0 Å². The Kier molecular flexibility index (Phi) is 5.08. The minimum atomic E-state index is -1.06. The van der Waals surface area contributed by atoms with Gasteiger partial charge in [0.1, 0.15) is 11.5 Å². The van der Waals surface area contributed by atoms with Crippen molar-refractivity contribution in [2.45, 2.75) is 38.5 Å². The molecule has 178 valence electrons. The van der Waals surface area contributed by atoms with E-state index in [0.29, 0.717) is 5.69 Å². The molecule has 2 aromatic carbocycles. The number of aromatic hydroxyl groups is 2. The zero-order valence-corrected chi connectivity index (χ0v) is 19.1. The number of carbonyl (C=O) groups excluding carboxylic acids is 1. The van der Waals surface area contributed by atoms with Crippen molar-refractivity contribution in [1.29, 1.82) is 0 Å². The fraction of sp³-hybridized carbons (Fsp3) is 0.500. The van der Waals surface area contributed by atoms with Crippen LogP contribution in [0, 0.1) is 47.3 Å². The number of phenols is 2. The quantitative estimate of drug-likeness (QED) is 0.460. The molecule has 7 aliphatic carbocycles. The van der Waals surface area contributed by atoms with Gasteiger partial charge in [0.15, 0.2) is 0 Å². The number of benzene rings is 2. The Morgan fingerprint density at radius 3 is 1.62 bits per heavy atom. The van der Waals surface area contributed by atoms with E-state index in [2.05, 4.69) is 5.32 Å². The second-order valence-electron chi connectivity index (χ2n) is 11.2. The smallest absolute Gasteiger partial charge is 0.335 e. The monoisotopic (exact) mass is 461 g/mol. The Morgan fingerprint density at radius 1 is 0.706 bits per heavy atom. The Morgan fingerprint density at radius 2 is 1.18 bits per heavy atom. The van der Waals surface area contributed by atoms with Crippen LogP contribution < -0.4 is 5.32 Å². The zero-order valence-electron chi connectivity index (χ0n) is 19.1. The molecule has 0 aromatic heterocycles. The summed E-state index contributed by atoms with van der Waals surface area (Å²) in [5.74, 6) is 7.66. The molecule has 2 aromatic rings. The van der Waals surface area contributed by atoms with E-state index in [-0.39, 0.29) is 22.6 Å². The molecule has 1 amide bonds. The normalized spacial score (nSPS) is 35.5. The van der Waals surface area contributed by atoms with Gasteiger partial charge in [-0.25, -0.2) is 4.79 Å². The number of amides is 1. The van der Waals surface area contributed by atoms with Crippen molar-refractivity contribution in [3.05, 3.63) is 53.6 Å². The van der Waals surface area contributed by atoms with Gasteiger partial charge in [0.2, 0.25) is 0 Å². The topological polar surface area (TPSA) is 107 Å². The van der Waals surface area contributed by atoms with Crippen molar-refractivity contribution >= 4 is 17.6 Å². The predicted octanol–water partition coefficient (Wildman–Crippen LogP) is 5.37. The van der Waals surface area contributed by atoms with Gasteiger partial charge in [-0.15, -0.1) is 0 Å². The predicted molar refractivity (Wildman–Crippen MR) is 127 cm³/mol. The van der Waals surface area contributed by atoms with Crippen LogP contribution in [-0.4, -0.2) is 27.2 Å². The average molecular weight is 462 g/mol. The molecule has 0 unspecified atom stereocenters. The van der Waals surface area contributed by atoms with E-state index < -0.39 is 11.9 Å². The van der Waals surface area contributed by atoms with E-state index in [1.54, 1.807) is 38.5 Å². The Bertz CT molecular complexity index is 1040. The fourth-order valence-electron chi connectivity index (χ4n) is 8.49. The lowest BCUT2D eigenvalue weighted by Gasteiger charge is -2.69. The van der Waals surface area contributed by atoms with Gasteiger partial charge in [-0.05, 0) is 128 Å². The fourth-order valence-corrected chi connectivity index (χ4v) is 8.49. The Labute approximate surface area is 199 Å². The van der Waals surface area contributed by atoms with Crippen LogP contribution in [0.5, 0.6) is 11.5 Å². The number of carbonyl (C=O) groups is 2. The van der Waals surface area contributed by atoms with Crippen LogP contribution in [0.4, 0.5) is 5.69 Å². The number of anilines is 1. The van der Waals surface area contributed by atoms with E-state index >= 15 is 0 Å². The molecule has 0 radical (unpaired) electrons. The summed E-state index contributed by atoms with van der Waals surface area (Å²) in [7, 11) is 0. The van der Waals surface area contributed by atoms with Gasteiger partial charge in [0.25, 0.3) is 5.91 Å². The van der Waals surface area contributed by atoms with E-state index in [9.17, 15) is 19.8 Å². The SMILES string of the molecule is C1C2CC3C4CC5CC(C14)C(C2)C3C5.O=C(O)c1ccc(NC(=O)c2cc(O)ccc2O)cc1. The van der Waals surface area contributed by atoms with E-state index in [1.165, 1.54) is 83.7 Å². The number of hydrogen-bond donors (Lipinski definition) is 4. The van der Waals surface area contributed by atoms with Crippen LogP contribution >= 0.6 is 0 Å². The number of nitrogens with one attached hydrogen (secondary N) is 1. The van der Waals surface area contributed by atoms with E-state index in [4.69, 9.17) is 5.11 Å². The molecule has 7 fully saturated rings. The molecular weight excluding hydrogens is 430 g/mol. The van der Waals surface area contributed by atoms with Gasteiger partial charge in [-0.1, -0.05) is 0 Å². The van der Waals surface area contributed by atoms with Crippen molar-refractivity contribution in [3.8, 4) is 11.5 Å². The first-order valence-electron chi connectivity index (χ1n) is 12.5. The molecule has 34 heavy (non-hydrogen) atoms. The maximum atomic E-state index is 11.9. The molecule has 9 rings (SSSR count). The van der Waals surface area contributed by atoms with E-state index in [1.807, 2.05) is 0 Å². The standard InChI is InChI=1S/C14H11NO5.C14H20/c16-10-5-6-12(17)11(7-10)13(18)15-9-3-1-8(2-4-9)14(19)20;1-7-2-12-10-4-8-5-11(9(1)10)13(3-7)14(12)6-8/h1-7,16-17H,(H,15,18)(H,19,20);7-14H,1-6H2. The van der Waals surface area contributed by atoms with Crippen molar-refractivity contribution < 1.29 is 24.9 Å². The molecule has 0 aliphatic heterocycles. The summed E-state index contributed by atoms with van der Waals surface area (Å²) in [6, 6.07) is 9.16. The Balaban J connectivity index is 0.000000134. The molecule has 6 nitrogen and oxygen atoms in total. The maximum absolute atomic E-state index is 11.9. The van der Waals surface area contributed by atoms with Crippen LogP contribution in [0.3, 0.4) is 0 Å². The molecule has 0 spiro atoms. The molecule has 8 bridgehead atoms. The van der Waals surface area contributed by atoms with Gasteiger partial charge >= 0.3 is 5.97 Å². The van der Waals surface area contributed by atoms with Crippen LogP contribution in [0.1, 0.15) is 59.2 Å². The maximum Gasteiger partial charge on any atom is 0.335 e. The first-order chi connectivity index (χ1) is 16.4. The van der Waals surface area contributed by atoms with Crippen molar-refractivity contribution in [3.63, 3.8) is 0 Å². The highest BCUT2D eigenvalue weighted by atomic mass is 16.4. The molecule has 7 saturated carbocycles. The highest BCUT2D eigenvalue weighted by Crippen LogP contribution is 2.71. The molecule has 4 N–H and O–H groups in total. The number of hydrogen-bond acceptors (Lipinski definition) is 4. The number of rotatable bonds is 3. The highest BCUT2D eigenvalue weighted by molar-refractivity contribution is 6.06. The average Bonchev–Trinajstić information content (AvgIpc) is 2.84. The van der Waals surface area contributed by atoms with Crippen LogP contribution in [0.25, 0.3) is 0 Å². The molecule has 0 saturated heterocycles. The zero-order chi connectivity index (χ0) is 23.6. The second kappa shape index (κ2) is 8.03. The summed E-state index contributed by atoms with van der Waals surface area (Å²) >= 11 is 0. The summed E-state index contributed by atoms with van der Waals surface area (Å²) < 4.78 is 0. The summed E-state index contributed by atoms with van der Waals surface area (Å²) in [5, 5.41) is 30.1. The minimum absolute atomic E-state index is 0.0766. The molecular formula is C28H31NO5.